The minimum atomic E-state index is -0.368. The Morgan fingerprint density at radius 1 is 1.27 bits per heavy atom. The second-order valence-corrected chi connectivity index (χ2v) is 6.39. The van der Waals surface area contributed by atoms with E-state index < -0.39 is 0 Å². The summed E-state index contributed by atoms with van der Waals surface area (Å²) in [7, 11) is 1.79. The number of carbonyl (C=O) groups excluding carboxylic acids is 1. The first-order chi connectivity index (χ1) is 10.6. The highest BCUT2D eigenvalue weighted by Gasteiger charge is 2.48. The van der Waals surface area contributed by atoms with Crippen LogP contribution in [0.5, 0.6) is 0 Å². The largest absolute Gasteiger partial charge is 0.439 e. The Morgan fingerprint density at radius 3 is 2.86 bits per heavy atom. The average molecular weight is 297 g/mol. The zero-order valence-electron chi connectivity index (χ0n) is 12.9. The van der Waals surface area contributed by atoms with Gasteiger partial charge in [-0.25, -0.2) is 9.78 Å². The van der Waals surface area contributed by atoms with Crippen molar-refractivity contribution in [1.82, 2.24) is 9.88 Å². The molecule has 2 aliphatic rings. The molecule has 1 aromatic heterocycles. The number of benzene rings is 1. The van der Waals surface area contributed by atoms with Crippen LogP contribution in [0, 0.1) is 6.92 Å². The molecular weight excluding hydrogens is 278 g/mol. The Morgan fingerprint density at radius 2 is 2.09 bits per heavy atom. The summed E-state index contributed by atoms with van der Waals surface area (Å²) in [6.45, 7) is 4.36. The van der Waals surface area contributed by atoms with Crippen molar-refractivity contribution in [2.45, 2.75) is 18.9 Å². The third-order valence-corrected chi connectivity index (χ3v) is 4.69. The normalized spacial score (nSPS) is 24.5. The molecule has 1 atom stereocenters. The number of hydrogen-bond acceptors (Lipinski definition) is 4. The monoisotopic (exact) mass is 297 g/mol. The van der Waals surface area contributed by atoms with E-state index in [0.717, 1.165) is 24.3 Å². The van der Waals surface area contributed by atoms with Gasteiger partial charge in [0, 0.05) is 25.4 Å². The van der Waals surface area contributed by atoms with Crippen molar-refractivity contribution in [2.75, 3.05) is 31.6 Å². The van der Waals surface area contributed by atoms with Crippen LogP contribution in [0.3, 0.4) is 0 Å². The molecule has 3 heterocycles. The molecule has 22 heavy (non-hydrogen) atoms. The zero-order valence-corrected chi connectivity index (χ0v) is 12.9. The van der Waals surface area contributed by atoms with Crippen LogP contribution < -0.4 is 4.90 Å². The number of aromatic nitrogens is 1. The van der Waals surface area contributed by atoms with Gasteiger partial charge < -0.3 is 14.5 Å². The standard InChI is InChI=1S/C17H19N3O2/c1-12-9-15(18-14-6-4-3-5-13(12)14)20-8-7-17(11-20)10-19(2)16(21)22-17/h3-6,9H,7-8,10-11H2,1-2H3. The molecule has 5 heteroatoms. The Balaban J connectivity index is 1.65. The van der Waals surface area contributed by atoms with E-state index in [4.69, 9.17) is 9.72 Å². The maximum absolute atomic E-state index is 11.7. The predicted molar refractivity (Wildman–Crippen MR) is 85.2 cm³/mol. The summed E-state index contributed by atoms with van der Waals surface area (Å²) in [5.41, 5.74) is 1.87. The lowest BCUT2D eigenvalue weighted by atomic mass is 10.0. The van der Waals surface area contributed by atoms with Gasteiger partial charge in [0.05, 0.1) is 18.6 Å². The second kappa shape index (κ2) is 4.60. The van der Waals surface area contributed by atoms with Crippen LogP contribution >= 0.6 is 0 Å². The van der Waals surface area contributed by atoms with E-state index in [1.165, 1.54) is 10.9 Å². The van der Waals surface area contributed by atoms with Gasteiger partial charge in [-0.2, -0.15) is 0 Å². The number of hydrogen-bond donors (Lipinski definition) is 0. The molecule has 4 rings (SSSR count). The van der Waals surface area contributed by atoms with Crippen molar-refractivity contribution in [2.24, 2.45) is 0 Å². The van der Waals surface area contributed by atoms with Gasteiger partial charge in [0.25, 0.3) is 0 Å². The fourth-order valence-electron chi connectivity index (χ4n) is 3.54. The van der Waals surface area contributed by atoms with Crippen LogP contribution in [-0.4, -0.2) is 48.3 Å². The van der Waals surface area contributed by atoms with Crippen LogP contribution in [0.1, 0.15) is 12.0 Å². The van der Waals surface area contributed by atoms with Gasteiger partial charge >= 0.3 is 6.09 Å². The van der Waals surface area contributed by atoms with E-state index in [9.17, 15) is 4.79 Å². The number of anilines is 1. The molecule has 1 amide bonds. The zero-order chi connectivity index (χ0) is 15.3. The van der Waals surface area contributed by atoms with Gasteiger partial charge in [0.1, 0.15) is 5.82 Å². The molecule has 0 aliphatic carbocycles. The molecule has 2 aliphatic heterocycles. The summed E-state index contributed by atoms with van der Waals surface area (Å²) in [5.74, 6) is 0.971. The van der Waals surface area contributed by atoms with Gasteiger partial charge in [-0.15, -0.1) is 0 Å². The number of amides is 1. The van der Waals surface area contributed by atoms with Gasteiger partial charge in [-0.05, 0) is 24.6 Å². The predicted octanol–water partition coefficient (Wildman–Crippen LogP) is 2.57. The number of nitrogens with zero attached hydrogens (tertiary/aromatic N) is 3. The molecule has 114 valence electrons. The number of likely N-dealkylation sites (N-methyl/N-ethyl adjacent to an activating group) is 1. The minimum absolute atomic E-state index is 0.218. The SMILES string of the molecule is Cc1cc(N2CCC3(CN(C)C(=O)O3)C2)nc2ccccc12. The molecule has 1 aromatic carbocycles. The quantitative estimate of drug-likeness (QED) is 0.811. The molecule has 2 aromatic rings. The average Bonchev–Trinajstić information content (AvgIpc) is 3.03. The summed E-state index contributed by atoms with van der Waals surface area (Å²) in [5, 5.41) is 1.19. The Labute approximate surface area is 129 Å². The van der Waals surface area contributed by atoms with E-state index in [0.29, 0.717) is 13.1 Å². The van der Waals surface area contributed by atoms with Crippen LogP contribution in [0.2, 0.25) is 0 Å². The molecule has 0 N–H and O–H groups in total. The molecule has 5 nitrogen and oxygen atoms in total. The lowest BCUT2D eigenvalue weighted by Crippen LogP contribution is -2.37. The second-order valence-electron chi connectivity index (χ2n) is 6.39. The van der Waals surface area contributed by atoms with E-state index in [2.05, 4.69) is 24.0 Å². The molecule has 2 saturated heterocycles. The molecule has 2 fully saturated rings. The number of ether oxygens (including phenoxy) is 1. The Bertz CT molecular complexity index is 761. The first kappa shape index (κ1) is 13.4. The van der Waals surface area contributed by atoms with Gasteiger partial charge in [-0.3, -0.25) is 0 Å². The topological polar surface area (TPSA) is 45.7 Å². The molecule has 1 spiro atoms. The minimum Gasteiger partial charge on any atom is -0.439 e. The molecular formula is C17H19N3O2. The summed E-state index contributed by atoms with van der Waals surface area (Å²) < 4.78 is 5.61. The number of rotatable bonds is 1. The molecule has 1 unspecified atom stereocenters. The highest BCUT2D eigenvalue weighted by molar-refractivity contribution is 5.84. The number of para-hydroxylation sites is 1. The lowest BCUT2D eigenvalue weighted by Gasteiger charge is -2.23. The fraction of sp³-hybridized carbons (Fsp3) is 0.412. The first-order valence-corrected chi connectivity index (χ1v) is 7.62. The van der Waals surface area contributed by atoms with E-state index >= 15 is 0 Å². The van der Waals surface area contributed by atoms with Crippen LogP contribution in [0.4, 0.5) is 10.6 Å². The van der Waals surface area contributed by atoms with Crippen LogP contribution in [-0.2, 0) is 4.74 Å². The maximum atomic E-state index is 11.7. The maximum Gasteiger partial charge on any atom is 0.410 e. The molecule has 0 radical (unpaired) electrons. The third-order valence-electron chi connectivity index (χ3n) is 4.69. The number of fused-ring (bicyclic) bond motifs is 1. The lowest BCUT2D eigenvalue weighted by molar-refractivity contribution is 0.0741. The molecule has 0 saturated carbocycles. The summed E-state index contributed by atoms with van der Waals surface area (Å²) in [6.07, 6.45) is 0.640. The van der Waals surface area contributed by atoms with Crippen molar-refractivity contribution >= 4 is 22.8 Å². The van der Waals surface area contributed by atoms with Gasteiger partial charge in [0.2, 0.25) is 0 Å². The number of carbonyl (C=O) groups is 1. The van der Waals surface area contributed by atoms with Crippen LogP contribution in [0.15, 0.2) is 30.3 Å². The Kier molecular flexibility index (Phi) is 2.79. The Hall–Kier alpha value is -2.30. The van der Waals surface area contributed by atoms with Crippen molar-refractivity contribution < 1.29 is 9.53 Å². The summed E-state index contributed by atoms with van der Waals surface area (Å²) >= 11 is 0. The summed E-state index contributed by atoms with van der Waals surface area (Å²) in [6, 6.07) is 10.3. The molecule has 0 bridgehead atoms. The number of aryl methyl sites for hydroxylation is 1. The van der Waals surface area contributed by atoms with E-state index in [-0.39, 0.29) is 11.7 Å². The third kappa shape index (κ3) is 2.00. The van der Waals surface area contributed by atoms with Crippen molar-refractivity contribution in [3.8, 4) is 0 Å². The van der Waals surface area contributed by atoms with Crippen molar-refractivity contribution in [3.63, 3.8) is 0 Å². The highest BCUT2D eigenvalue weighted by atomic mass is 16.6. The number of pyridine rings is 1. The van der Waals surface area contributed by atoms with Gasteiger partial charge in [-0.1, -0.05) is 18.2 Å². The fourth-order valence-corrected chi connectivity index (χ4v) is 3.54. The van der Waals surface area contributed by atoms with E-state index in [1.807, 2.05) is 18.2 Å². The highest BCUT2D eigenvalue weighted by Crippen LogP contribution is 2.34. The van der Waals surface area contributed by atoms with Crippen molar-refractivity contribution in [3.05, 3.63) is 35.9 Å². The van der Waals surface area contributed by atoms with Crippen molar-refractivity contribution in [1.29, 1.82) is 0 Å². The van der Waals surface area contributed by atoms with Gasteiger partial charge in [0.15, 0.2) is 5.60 Å². The van der Waals surface area contributed by atoms with Crippen LogP contribution in [0.25, 0.3) is 10.9 Å². The summed E-state index contributed by atoms with van der Waals surface area (Å²) in [4.78, 5) is 20.3. The van der Waals surface area contributed by atoms with E-state index in [1.54, 1.807) is 11.9 Å². The first-order valence-electron chi connectivity index (χ1n) is 7.62. The smallest absolute Gasteiger partial charge is 0.410 e.